The number of nitrogens with zero attached hydrogens (tertiary/aromatic N) is 2. The molecule has 1 aromatic heterocycles. The van der Waals surface area contributed by atoms with Crippen molar-refractivity contribution in [3.05, 3.63) is 86.4 Å². The second kappa shape index (κ2) is 7.94. The summed E-state index contributed by atoms with van der Waals surface area (Å²) in [6.45, 7) is 4.46. The Morgan fingerprint density at radius 2 is 1.96 bits per heavy atom. The Balaban J connectivity index is 1.64. The number of rotatable bonds is 5. The van der Waals surface area contributed by atoms with Gasteiger partial charge < -0.3 is 5.32 Å². The van der Waals surface area contributed by atoms with Gasteiger partial charge in [-0.2, -0.15) is 5.26 Å². The summed E-state index contributed by atoms with van der Waals surface area (Å²) in [5.74, 6) is -0.199. The maximum absolute atomic E-state index is 12.3. The van der Waals surface area contributed by atoms with Crippen LogP contribution < -0.4 is 5.32 Å². The van der Waals surface area contributed by atoms with Crippen LogP contribution in [0.25, 0.3) is 0 Å². The van der Waals surface area contributed by atoms with Crippen molar-refractivity contribution in [3.8, 4) is 6.07 Å². The number of benzene rings is 2. The van der Waals surface area contributed by atoms with E-state index in [2.05, 4.69) is 41.5 Å². The van der Waals surface area contributed by atoms with Crippen LogP contribution in [0.2, 0.25) is 0 Å². The van der Waals surface area contributed by atoms with Gasteiger partial charge in [-0.05, 0) is 37.6 Å². The van der Waals surface area contributed by atoms with Crippen LogP contribution in [0.3, 0.4) is 0 Å². The lowest BCUT2D eigenvalue weighted by Crippen LogP contribution is -2.22. The van der Waals surface area contributed by atoms with Crippen LogP contribution in [0, 0.1) is 25.2 Å². The van der Waals surface area contributed by atoms with Crippen molar-refractivity contribution in [1.82, 2.24) is 10.3 Å². The lowest BCUT2D eigenvalue weighted by Gasteiger charge is -2.03. The van der Waals surface area contributed by atoms with Crippen molar-refractivity contribution in [2.24, 2.45) is 0 Å². The van der Waals surface area contributed by atoms with E-state index in [0.717, 1.165) is 17.1 Å². The quantitative estimate of drug-likeness (QED) is 0.742. The van der Waals surface area contributed by atoms with Crippen LogP contribution in [-0.4, -0.2) is 10.9 Å². The fourth-order valence-corrected chi connectivity index (χ4v) is 3.65. The third-order valence-corrected chi connectivity index (χ3v) is 5.23. The minimum Gasteiger partial charge on any atom is -0.346 e. The molecule has 0 unspecified atom stereocenters. The molecule has 130 valence electrons. The van der Waals surface area contributed by atoms with E-state index < -0.39 is 0 Å². The molecule has 2 aromatic carbocycles. The predicted octanol–water partition coefficient (Wildman–Crippen LogP) is 4.15. The summed E-state index contributed by atoms with van der Waals surface area (Å²) in [6, 6.07) is 17.2. The Hall–Kier alpha value is -2.97. The molecule has 3 aromatic rings. The first kappa shape index (κ1) is 17.8. The molecule has 1 N–H and O–H groups in total. The fraction of sp³-hybridized carbons (Fsp3) is 0.190. The van der Waals surface area contributed by atoms with Gasteiger partial charge in [-0.3, -0.25) is 4.79 Å². The van der Waals surface area contributed by atoms with Gasteiger partial charge in [-0.15, -0.1) is 11.3 Å². The molecule has 0 aliphatic heterocycles. The first-order chi connectivity index (χ1) is 12.5. The monoisotopic (exact) mass is 361 g/mol. The molecular formula is C21H19N3OS. The summed E-state index contributed by atoms with van der Waals surface area (Å²) >= 11 is 1.63. The zero-order valence-electron chi connectivity index (χ0n) is 14.7. The van der Waals surface area contributed by atoms with Crippen molar-refractivity contribution in [1.29, 1.82) is 5.26 Å². The van der Waals surface area contributed by atoms with Crippen molar-refractivity contribution >= 4 is 17.2 Å². The summed E-state index contributed by atoms with van der Waals surface area (Å²) in [4.78, 5) is 18.0. The Morgan fingerprint density at radius 1 is 1.19 bits per heavy atom. The number of carbonyl (C=O) groups is 1. The molecule has 0 aliphatic rings. The maximum atomic E-state index is 12.3. The SMILES string of the molecule is Cc1ccc(Cc2sc(CNC(=O)c3cccc(C#N)c3)nc2C)cc1. The highest BCUT2D eigenvalue weighted by atomic mass is 32.1. The number of hydrogen-bond donors (Lipinski definition) is 1. The van der Waals surface area contributed by atoms with Crippen LogP contribution in [-0.2, 0) is 13.0 Å². The molecule has 0 atom stereocenters. The van der Waals surface area contributed by atoms with Gasteiger partial charge >= 0.3 is 0 Å². The van der Waals surface area contributed by atoms with Gasteiger partial charge in [-0.25, -0.2) is 4.98 Å². The Kier molecular flexibility index (Phi) is 5.45. The predicted molar refractivity (Wildman–Crippen MR) is 103 cm³/mol. The van der Waals surface area contributed by atoms with E-state index in [0.29, 0.717) is 17.7 Å². The molecule has 0 aliphatic carbocycles. The number of aryl methyl sites for hydroxylation is 2. The van der Waals surface area contributed by atoms with Gasteiger partial charge in [0, 0.05) is 16.9 Å². The molecule has 26 heavy (non-hydrogen) atoms. The highest BCUT2D eigenvalue weighted by Gasteiger charge is 2.11. The highest BCUT2D eigenvalue weighted by molar-refractivity contribution is 7.11. The Morgan fingerprint density at radius 3 is 2.69 bits per heavy atom. The average Bonchev–Trinajstić information content (AvgIpc) is 3.01. The third-order valence-electron chi connectivity index (χ3n) is 4.08. The Bertz CT molecular complexity index is 968. The summed E-state index contributed by atoms with van der Waals surface area (Å²) < 4.78 is 0. The van der Waals surface area contributed by atoms with Crippen LogP contribution in [0.4, 0.5) is 0 Å². The minimum absolute atomic E-state index is 0.199. The molecule has 4 nitrogen and oxygen atoms in total. The molecule has 5 heteroatoms. The zero-order chi connectivity index (χ0) is 18.5. The number of hydrogen-bond acceptors (Lipinski definition) is 4. The van der Waals surface area contributed by atoms with Crippen LogP contribution in [0.15, 0.2) is 48.5 Å². The van der Waals surface area contributed by atoms with E-state index in [1.807, 2.05) is 13.0 Å². The fourth-order valence-electron chi connectivity index (χ4n) is 2.61. The third kappa shape index (κ3) is 4.35. The molecule has 0 radical (unpaired) electrons. The second-order valence-electron chi connectivity index (χ2n) is 6.15. The van der Waals surface area contributed by atoms with E-state index in [-0.39, 0.29) is 5.91 Å². The van der Waals surface area contributed by atoms with Crippen molar-refractivity contribution in [2.45, 2.75) is 26.8 Å². The van der Waals surface area contributed by atoms with E-state index in [1.165, 1.54) is 16.0 Å². The summed E-state index contributed by atoms with van der Waals surface area (Å²) in [7, 11) is 0. The van der Waals surface area contributed by atoms with Crippen LogP contribution >= 0.6 is 11.3 Å². The zero-order valence-corrected chi connectivity index (χ0v) is 15.6. The number of nitriles is 1. The number of aromatic nitrogens is 1. The second-order valence-corrected chi connectivity index (χ2v) is 7.32. The lowest BCUT2D eigenvalue weighted by atomic mass is 10.1. The van der Waals surface area contributed by atoms with Gasteiger partial charge in [0.05, 0.1) is 23.9 Å². The first-order valence-corrected chi connectivity index (χ1v) is 9.16. The van der Waals surface area contributed by atoms with E-state index >= 15 is 0 Å². The first-order valence-electron chi connectivity index (χ1n) is 8.34. The van der Waals surface area contributed by atoms with E-state index in [9.17, 15) is 4.79 Å². The van der Waals surface area contributed by atoms with Gasteiger partial charge in [0.25, 0.3) is 5.91 Å². The summed E-state index contributed by atoms with van der Waals surface area (Å²) in [6.07, 6.45) is 0.849. The van der Waals surface area contributed by atoms with Gasteiger partial charge in [0.1, 0.15) is 5.01 Å². The van der Waals surface area contributed by atoms with Crippen molar-refractivity contribution < 1.29 is 4.79 Å². The van der Waals surface area contributed by atoms with Crippen molar-refractivity contribution in [2.75, 3.05) is 0 Å². The largest absolute Gasteiger partial charge is 0.346 e. The molecule has 0 spiro atoms. The molecule has 1 heterocycles. The number of amides is 1. The molecule has 0 saturated heterocycles. The lowest BCUT2D eigenvalue weighted by molar-refractivity contribution is 0.0951. The Labute approximate surface area is 157 Å². The number of carbonyl (C=O) groups excluding carboxylic acids is 1. The molecule has 1 amide bonds. The summed E-state index contributed by atoms with van der Waals surface area (Å²) in [5, 5.41) is 12.7. The van der Waals surface area contributed by atoms with Gasteiger partial charge in [-0.1, -0.05) is 35.9 Å². The molecule has 0 saturated carbocycles. The standard InChI is InChI=1S/C21H19N3OS/c1-14-6-8-16(9-7-14)11-19-15(2)24-20(26-19)13-23-21(25)18-5-3-4-17(10-18)12-22/h3-10H,11,13H2,1-2H3,(H,23,25). The van der Waals surface area contributed by atoms with Crippen molar-refractivity contribution in [3.63, 3.8) is 0 Å². The summed E-state index contributed by atoms with van der Waals surface area (Å²) in [5.41, 5.74) is 4.47. The highest BCUT2D eigenvalue weighted by Crippen LogP contribution is 2.22. The van der Waals surface area contributed by atoms with Gasteiger partial charge in [0.15, 0.2) is 0 Å². The normalized spacial score (nSPS) is 10.3. The molecule has 3 rings (SSSR count). The van der Waals surface area contributed by atoms with Gasteiger partial charge in [0.2, 0.25) is 0 Å². The van der Waals surface area contributed by atoms with Crippen LogP contribution in [0.5, 0.6) is 0 Å². The molecular weight excluding hydrogens is 342 g/mol. The number of nitrogens with one attached hydrogen (secondary N) is 1. The average molecular weight is 361 g/mol. The molecule has 0 bridgehead atoms. The smallest absolute Gasteiger partial charge is 0.251 e. The minimum atomic E-state index is -0.199. The van der Waals surface area contributed by atoms with Crippen LogP contribution in [0.1, 0.15) is 42.6 Å². The maximum Gasteiger partial charge on any atom is 0.251 e. The number of thiazole rings is 1. The van der Waals surface area contributed by atoms with E-state index in [4.69, 9.17) is 5.26 Å². The molecule has 0 fully saturated rings. The topological polar surface area (TPSA) is 65.8 Å². The van der Waals surface area contributed by atoms with E-state index in [1.54, 1.807) is 35.6 Å².